The lowest BCUT2D eigenvalue weighted by atomic mass is 10.2. The second-order valence-corrected chi connectivity index (χ2v) is 4.79. The Hall–Kier alpha value is -3.06. The number of benzene rings is 2. The van der Waals surface area contributed by atoms with E-state index in [1.54, 1.807) is 62.4 Å². The molecule has 2 aromatic rings. The monoisotopic (exact) mass is 345 g/mol. The summed E-state index contributed by atoms with van der Waals surface area (Å²) in [5.41, 5.74) is 10.2. The van der Waals surface area contributed by atoms with Crippen LogP contribution in [0.2, 0.25) is 0 Å². The van der Waals surface area contributed by atoms with Gasteiger partial charge >= 0.3 is 11.9 Å². The number of nitrogens with two attached hydrogens (primary N) is 2. The Kier molecular flexibility index (Phi) is 8.53. The number of carbonyl (C=O) groups excluding carboxylic acids is 2. The average Bonchev–Trinajstić information content (AvgIpc) is 2.63. The van der Waals surface area contributed by atoms with Crippen LogP contribution in [-0.4, -0.2) is 25.2 Å². The summed E-state index contributed by atoms with van der Waals surface area (Å²) in [5, 5.41) is 0. The van der Waals surface area contributed by atoms with Crippen LogP contribution in [0.3, 0.4) is 0 Å². The second kappa shape index (κ2) is 10.7. The summed E-state index contributed by atoms with van der Waals surface area (Å²) < 4.78 is 9.61. The van der Waals surface area contributed by atoms with E-state index in [1.165, 1.54) is 0 Å². The summed E-state index contributed by atoms with van der Waals surface area (Å²) in [6, 6.07) is 13.5. The summed E-state index contributed by atoms with van der Waals surface area (Å²) in [5.74, 6) is 4.53. The van der Waals surface area contributed by atoms with Crippen LogP contribution in [-0.2, 0) is 9.47 Å². The molecule has 0 saturated heterocycles. The third kappa shape index (κ3) is 6.92. The molecule has 0 aliphatic carbocycles. The summed E-state index contributed by atoms with van der Waals surface area (Å²) in [6.45, 7) is 4.29. The van der Waals surface area contributed by atoms with Crippen molar-refractivity contribution in [2.75, 3.05) is 24.4 Å². The zero-order chi connectivity index (χ0) is 18.7. The standard InChI is InChI=1S/C9H12N2O2.C9H11NO2/c1-2-13-9(12)7-4-3-5-8(6-7)11-10;1-2-12-9(11)7-4-3-5-8(10)6-7/h3-6,11H,2,10H2,1H3;3-6H,2,10H2,1H3. The van der Waals surface area contributed by atoms with Crippen molar-refractivity contribution >= 4 is 23.3 Å². The summed E-state index contributed by atoms with van der Waals surface area (Å²) in [7, 11) is 0. The number of esters is 2. The van der Waals surface area contributed by atoms with Crippen molar-refractivity contribution in [1.82, 2.24) is 0 Å². The van der Waals surface area contributed by atoms with Gasteiger partial charge in [-0.15, -0.1) is 0 Å². The van der Waals surface area contributed by atoms with Gasteiger partial charge < -0.3 is 20.6 Å². The third-order valence-corrected chi connectivity index (χ3v) is 2.94. The van der Waals surface area contributed by atoms with Crippen molar-refractivity contribution in [1.29, 1.82) is 0 Å². The molecule has 5 N–H and O–H groups in total. The summed E-state index contributed by atoms with van der Waals surface area (Å²) in [4.78, 5) is 22.3. The normalized spacial score (nSPS) is 9.40. The molecule has 0 saturated carbocycles. The van der Waals surface area contributed by atoms with Crippen LogP contribution in [0.15, 0.2) is 48.5 Å². The van der Waals surface area contributed by atoms with Gasteiger partial charge in [-0.05, 0) is 50.2 Å². The van der Waals surface area contributed by atoms with Gasteiger partial charge in [0.2, 0.25) is 0 Å². The minimum Gasteiger partial charge on any atom is -0.462 e. The minimum absolute atomic E-state index is 0.329. The first-order valence-electron chi connectivity index (χ1n) is 7.78. The van der Waals surface area contributed by atoms with Crippen molar-refractivity contribution in [3.63, 3.8) is 0 Å². The summed E-state index contributed by atoms with van der Waals surface area (Å²) in [6.07, 6.45) is 0. The fourth-order valence-electron chi connectivity index (χ4n) is 1.83. The highest BCUT2D eigenvalue weighted by atomic mass is 16.5. The Balaban J connectivity index is 0.000000251. The van der Waals surface area contributed by atoms with Gasteiger partial charge in [0, 0.05) is 11.4 Å². The van der Waals surface area contributed by atoms with Crippen LogP contribution in [0.25, 0.3) is 0 Å². The van der Waals surface area contributed by atoms with E-state index in [0.29, 0.717) is 35.7 Å². The highest BCUT2D eigenvalue weighted by molar-refractivity contribution is 5.90. The first-order valence-corrected chi connectivity index (χ1v) is 7.78. The van der Waals surface area contributed by atoms with Crippen LogP contribution in [0.1, 0.15) is 34.6 Å². The first-order chi connectivity index (χ1) is 12.0. The Morgan fingerprint density at radius 2 is 1.44 bits per heavy atom. The molecule has 0 unspecified atom stereocenters. The lowest BCUT2D eigenvalue weighted by molar-refractivity contribution is 0.0517. The van der Waals surface area contributed by atoms with E-state index in [2.05, 4.69) is 5.43 Å². The molecule has 0 fully saturated rings. The maximum atomic E-state index is 11.2. The quantitative estimate of drug-likeness (QED) is 0.330. The van der Waals surface area contributed by atoms with E-state index >= 15 is 0 Å². The summed E-state index contributed by atoms with van der Waals surface area (Å²) >= 11 is 0. The number of hydrogen-bond donors (Lipinski definition) is 3. The predicted molar refractivity (Wildman–Crippen MR) is 97.0 cm³/mol. The molecular formula is C18H23N3O4. The van der Waals surface area contributed by atoms with Gasteiger partial charge in [0.25, 0.3) is 0 Å². The number of hydrogen-bond acceptors (Lipinski definition) is 7. The molecule has 0 radical (unpaired) electrons. The minimum atomic E-state index is -0.334. The Morgan fingerprint density at radius 3 is 1.92 bits per heavy atom. The Morgan fingerprint density at radius 1 is 0.920 bits per heavy atom. The molecule has 2 rings (SSSR count). The van der Waals surface area contributed by atoms with Crippen LogP contribution < -0.4 is 17.0 Å². The number of carbonyl (C=O) groups is 2. The lowest BCUT2D eigenvalue weighted by Crippen LogP contribution is -2.09. The third-order valence-electron chi connectivity index (χ3n) is 2.94. The molecule has 0 atom stereocenters. The Labute approximate surface area is 146 Å². The molecule has 0 bridgehead atoms. The van der Waals surface area contributed by atoms with Crippen molar-refractivity contribution < 1.29 is 19.1 Å². The number of hydrazine groups is 1. The van der Waals surface area contributed by atoms with E-state index in [0.717, 1.165) is 0 Å². The number of nitrogen functional groups attached to an aromatic ring is 2. The molecule has 0 heterocycles. The zero-order valence-corrected chi connectivity index (χ0v) is 14.3. The molecule has 0 aliphatic heterocycles. The van der Waals surface area contributed by atoms with Crippen molar-refractivity contribution in [2.24, 2.45) is 5.84 Å². The van der Waals surface area contributed by atoms with E-state index in [4.69, 9.17) is 21.1 Å². The molecule has 0 aromatic heterocycles. The molecule has 25 heavy (non-hydrogen) atoms. The largest absolute Gasteiger partial charge is 0.462 e. The van der Waals surface area contributed by atoms with Gasteiger partial charge in [0.05, 0.1) is 24.3 Å². The van der Waals surface area contributed by atoms with Gasteiger partial charge in [-0.2, -0.15) is 0 Å². The molecular weight excluding hydrogens is 322 g/mol. The fourth-order valence-corrected chi connectivity index (χ4v) is 1.83. The van der Waals surface area contributed by atoms with Gasteiger partial charge in [-0.25, -0.2) is 9.59 Å². The molecule has 2 aromatic carbocycles. The average molecular weight is 345 g/mol. The van der Waals surface area contributed by atoms with Gasteiger partial charge in [0.1, 0.15) is 0 Å². The smallest absolute Gasteiger partial charge is 0.338 e. The molecule has 134 valence electrons. The molecule has 0 aliphatic rings. The molecule has 7 nitrogen and oxygen atoms in total. The Bertz CT molecular complexity index is 704. The van der Waals surface area contributed by atoms with Crippen molar-refractivity contribution in [3.8, 4) is 0 Å². The number of nitrogens with one attached hydrogen (secondary N) is 1. The van der Waals surface area contributed by atoms with Gasteiger partial charge in [0.15, 0.2) is 0 Å². The van der Waals surface area contributed by atoms with Crippen molar-refractivity contribution in [2.45, 2.75) is 13.8 Å². The molecule has 7 heteroatoms. The van der Waals surface area contributed by atoms with Gasteiger partial charge in [-0.1, -0.05) is 12.1 Å². The topological polar surface area (TPSA) is 117 Å². The highest BCUT2D eigenvalue weighted by Crippen LogP contribution is 2.10. The zero-order valence-electron chi connectivity index (χ0n) is 14.3. The first kappa shape index (κ1) is 20.0. The van der Waals surface area contributed by atoms with Crippen LogP contribution in [0.5, 0.6) is 0 Å². The van der Waals surface area contributed by atoms with Crippen LogP contribution in [0, 0.1) is 0 Å². The van der Waals surface area contributed by atoms with Crippen LogP contribution >= 0.6 is 0 Å². The van der Waals surface area contributed by atoms with E-state index in [9.17, 15) is 9.59 Å². The van der Waals surface area contributed by atoms with E-state index in [-0.39, 0.29) is 11.9 Å². The number of rotatable bonds is 5. The maximum Gasteiger partial charge on any atom is 0.338 e. The van der Waals surface area contributed by atoms with Gasteiger partial charge in [-0.3, -0.25) is 5.84 Å². The van der Waals surface area contributed by atoms with E-state index < -0.39 is 0 Å². The predicted octanol–water partition coefficient (Wildman–Crippen LogP) is 2.59. The lowest BCUT2D eigenvalue weighted by Gasteiger charge is -2.03. The second-order valence-electron chi connectivity index (χ2n) is 4.79. The highest BCUT2D eigenvalue weighted by Gasteiger charge is 2.06. The van der Waals surface area contributed by atoms with E-state index in [1.807, 2.05) is 0 Å². The number of anilines is 2. The maximum absolute atomic E-state index is 11.2. The SMILES string of the molecule is CCOC(=O)c1cccc(N)c1.CCOC(=O)c1cccc(NN)c1. The van der Waals surface area contributed by atoms with Crippen molar-refractivity contribution in [3.05, 3.63) is 59.7 Å². The fraction of sp³-hybridized carbons (Fsp3) is 0.222. The number of ether oxygens (including phenoxy) is 2. The molecule has 0 amide bonds. The van der Waals surface area contributed by atoms with Crippen LogP contribution in [0.4, 0.5) is 11.4 Å². The molecule has 0 spiro atoms.